The van der Waals surface area contributed by atoms with E-state index in [1.54, 1.807) is 24.3 Å². The third-order valence-electron chi connectivity index (χ3n) is 17.1. The van der Waals surface area contributed by atoms with E-state index in [1.807, 2.05) is 24.3 Å². The Bertz CT molecular complexity index is 4450. The molecule has 0 aliphatic rings. The van der Waals surface area contributed by atoms with E-state index in [2.05, 4.69) is 153 Å². The first-order valence-electron chi connectivity index (χ1n) is 27.8. The Morgan fingerprint density at radius 1 is 0.293 bits per heavy atom. The molecule has 0 amide bonds. The van der Waals surface area contributed by atoms with Crippen molar-refractivity contribution in [3.63, 3.8) is 0 Å². The van der Waals surface area contributed by atoms with Gasteiger partial charge in [-0.2, -0.15) is 26.3 Å². The molecule has 0 aliphatic carbocycles. The molecule has 0 aliphatic heterocycles. The standard InChI is InChI=1S/C72H60F8N2/c1-67(2,3)41-29-39(30-42(35-41)68(4,5)6)47-19-13-21-51-59-57-50-28-26-38(46-18-16-24-54(74)62(46)72(78,79)80)34-56(50)82-64-48(40-31-43(69(7,8)9)36-44(32-40)70(10,11)12)20-14-22-52(64)60(66(57)82)58-49-27-25-37(33-55(49)81(63(47)51)65(58)59)45-17-15-23-53(73)61(45)71(75,76)77/h13-36H,1-12H3. The summed E-state index contributed by atoms with van der Waals surface area (Å²) < 4.78 is 126. The molecule has 9 aromatic carbocycles. The second-order valence-electron chi connectivity index (χ2n) is 26.7. The normalized spacial score (nSPS) is 13.6. The molecule has 0 atom stereocenters. The predicted octanol–water partition coefficient (Wildman–Crippen LogP) is 22.2. The van der Waals surface area contributed by atoms with Gasteiger partial charge in [0.2, 0.25) is 0 Å². The minimum absolute atomic E-state index is 0.186. The molecule has 4 heterocycles. The Morgan fingerprint density at radius 3 is 0.915 bits per heavy atom. The minimum atomic E-state index is -5.00. The second-order valence-corrected chi connectivity index (χ2v) is 26.7. The van der Waals surface area contributed by atoms with E-state index in [0.717, 1.165) is 122 Å². The Morgan fingerprint density at radius 2 is 0.598 bits per heavy atom. The summed E-state index contributed by atoms with van der Waals surface area (Å²) in [4.78, 5) is 0. The van der Waals surface area contributed by atoms with E-state index in [4.69, 9.17) is 0 Å². The van der Waals surface area contributed by atoms with Gasteiger partial charge >= 0.3 is 12.4 Å². The highest BCUT2D eigenvalue weighted by molar-refractivity contribution is 6.46. The van der Waals surface area contributed by atoms with Crippen LogP contribution in [0.15, 0.2) is 146 Å². The SMILES string of the molecule is CC(C)(C)c1cc(-c2cccc3c4c5c6ccc(-c7cccc(F)c7C(F)(F)F)cc6n6c7c(-c8cc(C(C)(C)C)cc(C(C)(C)C)c8)cccc7c(c7c8ccc(-c9cccc(F)c9C(F)(F)F)cc8n(c23)c74)c56)cc(C(C)(C)C)c1. The molecule has 0 N–H and O–H groups in total. The molecular weight excluding hydrogens is 1040 g/mol. The van der Waals surface area contributed by atoms with Gasteiger partial charge in [0, 0.05) is 54.2 Å². The predicted molar refractivity (Wildman–Crippen MR) is 322 cm³/mol. The molecule has 414 valence electrons. The number of hydrogen-bond acceptors (Lipinski definition) is 0. The van der Waals surface area contributed by atoms with Crippen LogP contribution in [0.2, 0.25) is 0 Å². The number of fused-ring (bicyclic) bond motifs is 14. The van der Waals surface area contributed by atoms with Crippen molar-refractivity contribution < 1.29 is 35.1 Å². The number of aromatic nitrogens is 2. The van der Waals surface area contributed by atoms with Crippen molar-refractivity contribution in [2.75, 3.05) is 0 Å². The highest BCUT2D eigenvalue weighted by atomic mass is 19.4. The maximum absolute atomic E-state index is 15.6. The number of rotatable bonds is 4. The Kier molecular flexibility index (Phi) is 11.2. The lowest BCUT2D eigenvalue weighted by Crippen LogP contribution is -2.16. The monoisotopic (exact) mass is 1100 g/mol. The first-order valence-corrected chi connectivity index (χ1v) is 27.8. The Hall–Kier alpha value is -7.98. The highest BCUT2D eigenvalue weighted by Gasteiger charge is 2.39. The zero-order valence-corrected chi connectivity index (χ0v) is 47.8. The Labute approximate surface area is 470 Å². The fourth-order valence-corrected chi connectivity index (χ4v) is 13.0. The van der Waals surface area contributed by atoms with Crippen LogP contribution in [0.5, 0.6) is 0 Å². The smallest absolute Gasteiger partial charge is 0.307 e. The van der Waals surface area contributed by atoms with Crippen LogP contribution < -0.4 is 0 Å². The van der Waals surface area contributed by atoms with Crippen LogP contribution in [-0.4, -0.2) is 8.80 Å². The molecule has 2 nitrogen and oxygen atoms in total. The number of halogens is 8. The van der Waals surface area contributed by atoms with Gasteiger partial charge in [0.05, 0.1) is 44.2 Å². The summed E-state index contributed by atoms with van der Waals surface area (Å²) in [5.41, 5.74) is 8.74. The molecule has 0 spiro atoms. The van der Waals surface area contributed by atoms with Crippen molar-refractivity contribution in [1.82, 2.24) is 8.80 Å². The van der Waals surface area contributed by atoms with E-state index in [-0.39, 0.29) is 43.9 Å². The summed E-state index contributed by atoms with van der Waals surface area (Å²) in [5.74, 6) is -2.74. The first-order chi connectivity index (χ1) is 38.3. The molecule has 13 rings (SSSR count). The van der Waals surface area contributed by atoms with Crippen LogP contribution in [0.4, 0.5) is 35.1 Å². The third-order valence-corrected chi connectivity index (χ3v) is 17.1. The van der Waals surface area contributed by atoms with Gasteiger partial charge in [0.25, 0.3) is 0 Å². The molecule has 0 unspecified atom stereocenters. The molecule has 0 radical (unpaired) electrons. The van der Waals surface area contributed by atoms with Crippen LogP contribution >= 0.6 is 0 Å². The van der Waals surface area contributed by atoms with Crippen molar-refractivity contribution >= 4 is 76.2 Å². The topological polar surface area (TPSA) is 8.82 Å². The number of alkyl halides is 6. The quantitative estimate of drug-likeness (QED) is 0.155. The Balaban J connectivity index is 1.28. The zero-order chi connectivity index (χ0) is 58.4. The third kappa shape index (κ3) is 7.93. The van der Waals surface area contributed by atoms with Gasteiger partial charge in [0.15, 0.2) is 0 Å². The fraction of sp³-hybridized carbons (Fsp3) is 0.250. The van der Waals surface area contributed by atoms with E-state index in [1.165, 1.54) is 24.3 Å². The molecule has 0 fully saturated rings. The lowest BCUT2D eigenvalue weighted by Gasteiger charge is -2.26. The number of benzene rings is 9. The van der Waals surface area contributed by atoms with E-state index >= 15 is 35.1 Å². The van der Waals surface area contributed by atoms with Crippen molar-refractivity contribution in [3.05, 3.63) is 191 Å². The average molecular weight is 1110 g/mol. The first kappa shape index (κ1) is 53.3. The van der Waals surface area contributed by atoms with Crippen LogP contribution in [0.1, 0.15) is 116 Å². The molecule has 82 heavy (non-hydrogen) atoms. The summed E-state index contributed by atoms with van der Waals surface area (Å²) >= 11 is 0. The zero-order valence-electron chi connectivity index (χ0n) is 47.8. The van der Waals surface area contributed by atoms with Gasteiger partial charge in [-0.1, -0.05) is 204 Å². The van der Waals surface area contributed by atoms with E-state index < -0.39 is 35.1 Å². The molecule has 0 saturated heterocycles. The molecule has 13 aromatic rings. The van der Waals surface area contributed by atoms with Crippen LogP contribution in [0.3, 0.4) is 0 Å². The summed E-state index contributed by atoms with van der Waals surface area (Å²) in [6.07, 6.45) is -10.0. The largest absolute Gasteiger partial charge is 0.419 e. The van der Waals surface area contributed by atoms with Gasteiger partial charge in [-0.15, -0.1) is 0 Å². The number of hydrogen-bond donors (Lipinski definition) is 0. The van der Waals surface area contributed by atoms with Gasteiger partial charge < -0.3 is 8.80 Å². The fourth-order valence-electron chi connectivity index (χ4n) is 13.0. The van der Waals surface area contributed by atoms with Crippen LogP contribution in [0.25, 0.3) is 121 Å². The van der Waals surface area contributed by atoms with Crippen LogP contribution in [-0.2, 0) is 34.0 Å². The van der Waals surface area contributed by atoms with Crippen molar-refractivity contribution in [2.45, 2.75) is 117 Å². The van der Waals surface area contributed by atoms with Gasteiger partial charge in [-0.3, -0.25) is 0 Å². The maximum Gasteiger partial charge on any atom is 0.419 e. The lowest BCUT2D eigenvalue weighted by molar-refractivity contribution is -0.140. The molecule has 4 aromatic heterocycles. The highest BCUT2D eigenvalue weighted by Crippen LogP contribution is 2.55. The van der Waals surface area contributed by atoms with Gasteiger partial charge in [-0.25, -0.2) is 8.78 Å². The second kappa shape index (κ2) is 17.3. The van der Waals surface area contributed by atoms with Crippen molar-refractivity contribution in [1.29, 1.82) is 0 Å². The number of para-hydroxylation sites is 2. The average Bonchev–Trinajstić information content (AvgIpc) is 1.58. The molecule has 0 saturated carbocycles. The van der Waals surface area contributed by atoms with Gasteiger partial charge in [0.1, 0.15) is 11.6 Å². The molecule has 10 heteroatoms. The molecular formula is C72H60F8N2. The van der Waals surface area contributed by atoms with E-state index in [9.17, 15) is 0 Å². The summed E-state index contributed by atoms with van der Waals surface area (Å²) in [7, 11) is 0. The summed E-state index contributed by atoms with van der Waals surface area (Å²) in [6, 6.07) is 43.2. The van der Waals surface area contributed by atoms with Crippen molar-refractivity contribution in [2.24, 2.45) is 0 Å². The maximum atomic E-state index is 15.6. The minimum Gasteiger partial charge on any atom is -0.307 e. The molecule has 0 bridgehead atoms. The summed E-state index contributed by atoms with van der Waals surface area (Å²) in [6.45, 7) is 26.2. The lowest BCUT2D eigenvalue weighted by atomic mass is 9.78. The number of nitrogens with zero attached hydrogens (tertiary/aromatic N) is 2. The van der Waals surface area contributed by atoms with Crippen LogP contribution in [0, 0.1) is 11.6 Å². The van der Waals surface area contributed by atoms with Crippen molar-refractivity contribution in [3.8, 4) is 44.5 Å². The van der Waals surface area contributed by atoms with E-state index in [0.29, 0.717) is 11.0 Å². The summed E-state index contributed by atoms with van der Waals surface area (Å²) in [5, 5.41) is 6.58. The van der Waals surface area contributed by atoms with Gasteiger partial charge in [-0.05, 0) is 102 Å².